The van der Waals surface area contributed by atoms with Crippen molar-refractivity contribution in [2.24, 2.45) is 11.1 Å². The SMILES string of the molecule is NCC1(C(O)c2cc(Br)c3c(c2)OCCCO3)CCC1. The second kappa shape index (κ2) is 5.54. The highest BCUT2D eigenvalue weighted by Crippen LogP contribution is 2.51. The third kappa shape index (κ3) is 2.32. The predicted molar refractivity (Wildman–Crippen MR) is 80.0 cm³/mol. The second-order valence-electron chi connectivity index (χ2n) is 5.70. The maximum absolute atomic E-state index is 10.7. The van der Waals surface area contributed by atoms with Crippen LogP contribution in [0.5, 0.6) is 11.5 Å². The molecule has 0 amide bonds. The first kappa shape index (κ1) is 14.2. The summed E-state index contributed by atoms with van der Waals surface area (Å²) in [6.45, 7) is 1.81. The lowest BCUT2D eigenvalue weighted by Crippen LogP contribution is -2.42. The fraction of sp³-hybridized carbons (Fsp3) is 0.600. The van der Waals surface area contributed by atoms with Gasteiger partial charge in [-0.2, -0.15) is 0 Å². The molecule has 0 bridgehead atoms. The smallest absolute Gasteiger partial charge is 0.175 e. The molecule has 1 saturated carbocycles. The van der Waals surface area contributed by atoms with Gasteiger partial charge in [0.25, 0.3) is 0 Å². The van der Waals surface area contributed by atoms with Crippen LogP contribution in [0.3, 0.4) is 0 Å². The molecule has 1 fully saturated rings. The normalized spacial score (nSPS) is 21.8. The molecule has 0 spiro atoms. The van der Waals surface area contributed by atoms with Crippen LogP contribution in [-0.2, 0) is 0 Å². The first-order chi connectivity index (χ1) is 9.66. The Morgan fingerprint density at radius 3 is 2.65 bits per heavy atom. The molecule has 1 unspecified atom stereocenters. The molecule has 5 heteroatoms. The summed E-state index contributed by atoms with van der Waals surface area (Å²) in [6, 6.07) is 3.82. The van der Waals surface area contributed by atoms with Crippen LogP contribution in [-0.4, -0.2) is 24.9 Å². The number of aliphatic hydroxyl groups excluding tert-OH is 1. The predicted octanol–water partition coefficient (Wildman–Crippen LogP) is 2.77. The van der Waals surface area contributed by atoms with Gasteiger partial charge in [-0.15, -0.1) is 0 Å². The van der Waals surface area contributed by atoms with Gasteiger partial charge in [0.05, 0.1) is 23.8 Å². The molecule has 0 aromatic heterocycles. The van der Waals surface area contributed by atoms with Gasteiger partial charge in [0.15, 0.2) is 11.5 Å². The Hall–Kier alpha value is -0.780. The number of nitrogens with two attached hydrogens (primary N) is 1. The van der Waals surface area contributed by atoms with E-state index in [1.807, 2.05) is 12.1 Å². The molecule has 1 aromatic rings. The number of halogens is 1. The largest absolute Gasteiger partial charge is 0.490 e. The summed E-state index contributed by atoms with van der Waals surface area (Å²) >= 11 is 3.52. The van der Waals surface area contributed by atoms with Crippen LogP contribution in [0, 0.1) is 5.41 Å². The van der Waals surface area contributed by atoms with Crippen LogP contribution in [0.2, 0.25) is 0 Å². The van der Waals surface area contributed by atoms with Crippen LogP contribution in [0.4, 0.5) is 0 Å². The van der Waals surface area contributed by atoms with Crippen LogP contribution < -0.4 is 15.2 Å². The third-order valence-corrected chi connectivity index (χ3v) is 5.07. The highest BCUT2D eigenvalue weighted by atomic mass is 79.9. The summed E-state index contributed by atoms with van der Waals surface area (Å²) in [5.74, 6) is 1.44. The molecule has 1 heterocycles. The Bertz CT molecular complexity index is 497. The molecule has 2 aliphatic rings. The quantitative estimate of drug-likeness (QED) is 0.887. The summed E-state index contributed by atoms with van der Waals surface area (Å²) in [6.07, 6.45) is 3.42. The molecule has 4 nitrogen and oxygen atoms in total. The lowest BCUT2D eigenvalue weighted by molar-refractivity contribution is -0.0298. The van der Waals surface area contributed by atoms with Crippen molar-refractivity contribution in [1.29, 1.82) is 0 Å². The third-order valence-electron chi connectivity index (χ3n) is 4.48. The molecular formula is C15H20BrNO3. The van der Waals surface area contributed by atoms with Crippen molar-refractivity contribution in [2.45, 2.75) is 31.8 Å². The van der Waals surface area contributed by atoms with Crippen LogP contribution in [0.15, 0.2) is 16.6 Å². The summed E-state index contributed by atoms with van der Waals surface area (Å²) in [7, 11) is 0. The Morgan fingerprint density at radius 1 is 1.25 bits per heavy atom. The minimum absolute atomic E-state index is 0.167. The zero-order chi connectivity index (χ0) is 14.2. The molecule has 0 radical (unpaired) electrons. The second-order valence-corrected chi connectivity index (χ2v) is 6.56. The lowest BCUT2D eigenvalue weighted by atomic mass is 9.63. The molecule has 1 atom stereocenters. The van der Waals surface area contributed by atoms with Crippen LogP contribution >= 0.6 is 15.9 Å². The summed E-state index contributed by atoms with van der Waals surface area (Å²) in [4.78, 5) is 0. The van der Waals surface area contributed by atoms with Crippen molar-refractivity contribution in [3.63, 3.8) is 0 Å². The molecule has 1 aromatic carbocycles. The summed E-state index contributed by atoms with van der Waals surface area (Å²) in [5, 5.41) is 10.7. The number of rotatable bonds is 3. The highest BCUT2D eigenvalue weighted by molar-refractivity contribution is 9.10. The molecule has 3 N–H and O–H groups in total. The van der Waals surface area contributed by atoms with Crippen molar-refractivity contribution in [1.82, 2.24) is 0 Å². The Morgan fingerprint density at radius 2 is 2.00 bits per heavy atom. The Kier molecular flexibility index (Phi) is 3.93. The van der Waals surface area contributed by atoms with Crippen molar-refractivity contribution in [3.05, 3.63) is 22.2 Å². The average Bonchev–Trinajstić information content (AvgIpc) is 2.63. The van der Waals surface area contributed by atoms with E-state index in [0.717, 1.165) is 41.5 Å². The number of hydrogen-bond donors (Lipinski definition) is 2. The maximum atomic E-state index is 10.7. The van der Waals surface area contributed by atoms with Gasteiger partial charge in [0, 0.05) is 18.4 Å². The zero-order valence-corrected chi connectivity index (χ0v) is 13.0. The van der Waals surface area contributed by atoms with Gasteiger partial charge in [-0.25, -0.2) is 0 Å². The van der Waals surface area contributed by atoms with E-state index in [1.54, 1.807) is 0 Å². The van der Waals surface area contributed by atoms with Gasteiger partial charge >= 0.3 is 0 Å². The molecule has 1 aliphatic heterocycles. The van der Waals surface area contributed by atoms with Gasteiger partial charge < -0.3 is 20.3 Å². The molecule has 1 aliphatic carbocycles. The van der Waals surface area contributed by atoms with Gasteiger partial charge in [0.1, 0.15) is 0 Å². The highest BCUT2D eigenvalue weighted by Gasteiger charge is 2.43. The van der Waals surface area contributed by atoms with Gasteiger partial charge in [-0.3, -0.25) is 0 Å². The molecular weight excluding hydrogens is 322 g/mol. The van der Waals surface area contributed by atoms with E-state index in [4.69, 9.17) is 15.2 Å². The van der Waals surface area contributed by atoms with Crippen molar-refractivity contribution >= 4 is 15.9 Å². The van der Waals surface area contributed by atoms with Crippen molar-refractivity contribution < 1.29 is 14.6 Å². The van der Waals surface area contributed by atoms with Gasteiger partial charge in [0.2, 0.25) is 0 Å². The molecule has 20 heavy (non-hydrogen) atoms. The van der Waals surface area contributed by atoms with Crippen LogP contribution in [0.1, 0.15) is 37.4 Å². The number of ether oxygens (including phenoxy) is 2. The average molecular weight is 342 g/mol. The summed E-state index contributed by atoms with van der Waals surface area (Å²) in [5.41, 5.74) is 6.57. The molecule has 110 valence electrons. The van der Waals surface area contributed by atoms with Crippen molar-refractivity contribution in [2.75, 3.05) is 19.8 Å². The minimum atomic E-state index is -0.547. The van der Waals surface area contributed by atoms with Crippen molar-refractivity contribution in [3.8, 4) is 11.5 Å². The standard InChI is InChI=1S/C15H20BrNO3/c16-11-7-10(14(18)15(9-17)3-1-4-15)8-12-13(11)20-6-2-5-19-12/h7-8,14,18H,1-6,9,17H2. The molecule has 3 rings (SSSR count). The van der Waals surface area contributed by atoms with E-state index in [1.165, 1.54) is 0 Å². The van der Waals surface area contributed by atoms with E-state index in [2.05, 4.69) is 15.9 Å². The van der Waals surface area contributed by atoms with E-state index >= 15 is 0 Å². The lowest BCUT2D eigenvalue weighted by Gasteiger charge is -2.45. The maximum Gasteiger partial charge on any atom is 0.175 e. The molecule has 0 saturated heterocycles. The minimum Gasteiger partial charge on any atom is -0.490 e. The van der Waals surface area contributed by atoms with E-state index in [9.17, 15) is 5.11 Å². The van der Waals surface area contributed by atoms with E-state index in [0.29, 0.717) is 25.5 Å². The number of aliphatic hydroxyl groups is 1. The zero-order valence-electron chi connectivity index (χ0n) is 11.4. The monoisotopic (exact) mass is 341 g/mol. The Labute approximate surface area is 127 Å². The van der Waals surface area contributed by atoms with Crippen LogP contribution in [0.25, 0.3) is 0 Å². The first-order valence-electron chi connectivity index (χ1n) is 7.13. The fourth-order valence-corrected chi connectivity index (χ4v) is 3.56. The first-order valence-corrected chi connectivity index (χ1v) is 7.93. The number of benzene rings is 1. The van der Waals surface area contributed by atoms with E-state index < -0.39 is 6.10 Å². The van der Waals surface area contributed by atoms with E-state index in [-0.39, 0.29) is 5.41 Å². The number of fused-ring (bicyclic) bond motifs is 1. The topological polar surface area (TPSA) is 64.7 Å². The Balaban J connectivity index is 1.94. The number of hydrogen-bond acceptors (Lipinski definition) is 4. The fourth-order valence-electron chi connectivity index (χ4n) is 2.98. The van der Waals surface area contributed by atoms with Gasteiger partial charge in [-0.05, 0) is 46.5 Å². The summed E-state index contributed by atoms with van der Waals surface area (Å²) < 4.78 is 12.2. The van der Waals surface area contributed by atoms with Gasteiger partial charge in [-0.1, -0.05) is 6.42 Å².